The Hall–Kier alpha value is -1.33. The quantitative estimate of drug-likeness (QED) is 0.868. The average molecular weight is 325 g/mol. The van der Waals surface area contributed by atoms with Crippen molar-refractivity contribution in [3.05, 3.63) is 46.1 Å². The van der Waals surface area contributed by atoms with E-state index in [1.165, 1.54) is 0 Å². The van der Waals surface area contributed by atoms with Crippen LogP contribution < -0.4 is 5.43 Å². The van der Waals surface area contributed by atoms with Crippen molar-refractivity contribution in [2.45, 2.75) is 19.4 Å². The number of rotatable bonds is 3. The van der Waals surface area contributed by atoms with Crippen molar-refractivity contribution < 1.29 is 9.53 Å². The molecule has 102 valence electrons. The van der Waals surface area contributed by atoms with Crippen molar-refractivity contribution >= 4 is 21.9 Å². The van der Waals surface area contributed by atoms with Crippen LogP contribution in [0.4, 0.5) is 0 Å². The van der Waals surface area contributed by atoms with Gasteiger partial charge in [-0.15, -0.1) is 0 Å². The number of nitrogens with one attached hydrogen (secondary N) is 1. The summed E-state index contributed by atoms with van der Waals surface area (Å²) in [5, 5.41) is 1.83. The second-order valence-electron chi connectivity index (χ2n) is 4.49. The number of hydrogen-bond acceptors (Lipinski definition) is 4. The van der Waals surface area contributed by atoms with Gasteiger partial charge in [-0.3, -0.25) is 0 Å². The number of esters is 1. The lowest BCUT2D eigenvalue weighted by atomic mass is 9.90. The number of ether oxygens (including phenoxy) is 1. The molecule has 0 radical (unpaired) electrons. The van der Waals surface area contributed by atoms with Crippen molar-refractivity contribution in [2.75, 3.05) is 13.7 Å². The normalized spacial score (nSPS) is 22.3. The first-order valence-electron chi connectivity index (χ1n) is 6.14. The zero-order chi connectivity index (χ0) is 14.0. The van der Waals surface area contributed by atoms with E-state index in [-0.39, 0.29) is 5.97 Å². The lowest BCUT2D eigenvalue weighted by molar-refractivity contribution is -0.150. The Morgan fingerprint density at radius 1 is 1.42 bits per heavy atom. The van der Waals surface area contributed by atoms with Crippen LogP contribution in [-0.4, -0.2) is 24.6 Å². The molecule has 0 amide bonds. The molecule has 0 saturated carbocycles. The Bertz CT molecular complexity index is 513. The van der Waals surface area contributed by atoms with Crippen LogP contribution in [0.25, 0.3) is 0 Å². The van der Waals surface area contributed by atoms with Crippen LogP contribution in [0.3, 0.4) is 0 Å². The summed E-state index contributed by atoms with van der Waals surface area (Å²) >= 11 is 3.40. The van der Waals surface area contributed by atoms with E-state index in [0.29, 0.717) is 6.61 Å². The van der Waals surface area contributed by atoms with E-state index < -0.39 is 5.54 Å². The Labute approximate surface area is 121 Å². The number of halogens is 1. The van der Waals surface area contributed by atoms with Gasteiger partial charge in [0.05, 0.1) is 6.61 Å². The molecular weight excluding hydrogens is 308 g/mol. The average Bonchev–Trinajstić information content (AvgIpc) is 2.68. The molecule has 1 aromatic carbocycles. The minimum absolute atomic E-state index is 0.291. The number of benzene rings is 1. The van der Waals surface area contributed by atoms with E-state index in [1.54, 1.807) is 0 Å². The Morgan fingerprint density at radius 3 is 2.53 bits per heavy atom. The third kappa shape index (κ3) is 2.53. The molecule has 0 spiro atoms. The fraction of sp³-hybridized carbons (Fsp3) is 0.357. The summed E-state index contributed by atoms with van der Waals surface area (Å²) in [5.41, 5.74) is 4.09. The monoisotopic (exact) mass is 324 g/mol. The molecule has 4 nitrogen and oxygen atoms in total. The molecule has 1 heterocycles. The molecule has 0 fully saturated rings. The second kappa shape index (κ2) is 5.35. The van der Waals surface area contributed by atoms with Crippen molar-refractivity contribution in [1.29, 1.82) is 0 Å². The first-order chi connectivity index (χ1) is 8.99. The predicted molar refractivity (Wildman–Crippen MR) is 77.1 cm³/mol. The molecule has 0 bridgehead atoms. The first kappa shape index (κ1) is 14.1. The fourth-order valence-corrected chi connectivity index (χ4v) is 2.39. The molecule has 1 atom stereocenters. The summed E-state index contributed by atoms with van der Waals surface area (Å²) in [6, 6.07) is 7.66. The van der Waals surface area contributed by atoms with Gasteiger partial charge in [-0.05, 0) is 37.6 Å². The smallest absolute Gasteiger partial charge is 0.336 e. The van der Waals surface area contributed by atoms with Crippen molar-refractivity contribution in [3.8, 4) is 0 Å². The molecule has 1 aromatic rings. The highest BCUT2D eigenvalue weighted by atomic mass is 79.9. The largest absolute Gasteiger partial charge is 0.464 e. The third-order valence-corrected chi connectivity index (χ3v) is 3.72. The number of carbonyl (C=O) groups excluding carboxylic acids is 1. The maximum atomic E-state index is 12.4. The van der Waals surface area contributed by atoms with Crippen LogP contribution in [0.1, 0.15) is 19.4 Å². The van der Waals surface area contributed by atoms with Gasteiger partial charge in [0.1, 0.15) is 0 Å². The van der Waals surface area contributed by atoms with Crippen LogP contribution in [-0.2, 0) is 15.1 Å². The van der Waals surface area contributed by atoms with Gasteiger partial charge in [0.15, 0.2) is 5.54 Å². The zero-order valence-electron chi connectivity index (χ0n) is 11.2. The SMILES string of the molecule is CCOC(=O)C1(c2ccc(Br)cc2)C=C(C)N(C)N1. The van der Waals surface area contributed by atoms with Gasteiger partial charge in [0.25, 0.3) is 0 Å². The van der Waals surface area contributed by atoms with Crippen LogP contribution in [0, 0.1) is 0 Å². The molecule has 0 aliphatic carbocycles. The fourth-order valence-electron chi connectivity index (χ4n) is 2.12. The lowest BCUT2D eigenvalue weighted by Crippen LogP contribution is -2.49. The van der Waals surface area contributed by atoms with E-state index in [0.717, 1.165) is 15.7 Å². The highest BCUT2D eigenvalue weighted by Gasteiger charge is 2.44. The predicted octanol–water partition coefficient (Wildman–Crippen LogP) is 2.56. The number of carbonyl (C=O) groups is 1. The summed E-state index contributed by atoms with van der Waals surface area (Å²) < 4.78 is 6.20. The summed E-state index contributed by atoms with van der Waals surface area (Å²) in [6.45, 7) is 4.12. The van der Waals surface area contributed by atoms with Gasteiger partial charge >= 0.3 is 5.97 Å². The molecule has 1 N–H and O–H groups in total. The van der Waals surface area contributed by atoms with Crippen molar-refractivity contribution in [3.63, 3.8) is 0 Å². The highest BCUT2D eigenvalue weighted by molar-refractivity contribution is 9.10. The van der Waals surface area contributed by atoms with E-state index in [1.807, 2.05) is 56.2 Å². The maximum absolute atomic E-state index is 12.4. The summed E-state index contributed by atoms with van der Waals surface area (Å²) in [5.74, 6) is -0.291. The molecule has 5 heteroatoms. The second-order valence-corrected chi connectivity index (χ2v) is 5.41. The molecule has 2 rings (SSSR count). The molecular formula is C14H17BrN2O2. The van der Waals surface area contributed by atoms with Gasteiger partial charge < -0.3 is 9.75 Å². The van der Waals surface area contributed by atoms with Crippen LogP contribution in [0.5, 0.6) is 0 Å². The standard InChI is InChI=1S/C14H17BrN2O2/c1-4-19-13(18)14(9-10(2)17(3)16-14)11-5-7-12(15)8-6-11/h5-9,16H,4H2,1-3H3. The molecule has 0 aromatic heterocycles. The maximum Gasteiger partial charge on any atom is 0.336 e. The number of hydrazine groups is 1. The van der Waals surface area contributed by atoms with E-state index in [9.17, 15) is 4.79 Å². The molecule has 0 saturated heterocycles. The first-order valence-corrected chi connectivity index (χ1v) is 6.93. The minimum Gasteiger partial charge on any atom is -0.464 e. The summed E-state index contributed by atoms with van der Waals surface area (Å²) in [7, 11) is 1.88. The Balaban J connectivity index is 2.47. The van der Waals surface area contributed by atoms with Crippen molar-refractivity contribution in [1.82, 2.24) is 10.4 Å². The van der Waals surface area contributed by atoms with Gasteiger partial charge in [-0.2, -0.15) is 0 Å². The van der Waals surface area contributed by atoms with E-state index in [2.05, 4.69) is 21.4 Å². The number of hydrogen-bond donors (Lipinski definition) is 1. The number of nitrogens with zero attached hydrogens (tertiary/aromatic N) is 1. The number of allylic oxidation sites excluding steroid dienone is 1. The van der Waals surface area contributed by atoms with Crippen molar-refractivity contribution in [2.24, 2.45) is 0 Å². The zero-order valence-corrected chi connectivity index (χ0v) is 12.8. The van der Waals surface area contributed by atoms with Gasteiger partial charge in [-0.25, -0.2) is 10.2 Å². The minimum atomic E-state index is -0.935. The lowest BCUT2D eigenvalue weighted by Gasteiger charge is -2.28. The van der Waals surface area contributed by atoms with E-state index in [4.69, 9.17) is 4.74 Å². The van der Waals surface area contributed by atoms with Gasteiger partial charge in [-0.1, -0.05) is 28.1 Å². The van der Waals surface area contributed by atoms with E-state index >= 15 is 0 Å². The topological polar surface area (TPSA) is 41.6 Å². The molecule has 1 aliphatic heterocycles. The van der Waals surface area contributed by atoms with Crippen LogP contribution in [0.2, 0.25) is 0 Å². The molecule has 1 aliphatic rings. The van der Waals surface area contributed by atoms with Crippen LogP contribution >= 0.6 is 15.9 Å². The summed E-state index contributed by atoms with van der Waals surface area (Å²) in [4.78, 5) is 12.4. The third-order valence-electron chi connectivity index (χ3n) is 3.20. The molecule has 1 unspecified atom stereocenters. The highest BCUT2D eigenvalue weighted by Crippen LogP contribution is 2.32. The molecule has 19 heavy (non-hydrogen) atoms. The Morgan fingerprint density at radius 2 is 2.05 bits per heavy atom. The van der Waals surface area contributed by atoms with Gasteiger partial charge in [0.2, 0.25) is 0 Å². The summed E-state index contributed by atoms with van der Waals surface area (Å²) in [6.07, 6.45) is 1.90. The van der Waals surface area contributed by atoms with Crippen LogP contribution in [0.15, 0.2) is 40.5 Å². The van der Waals surface area contributed by atoms with Gasteiger partial charge in [0, 0.05) is 17.2 Å². The Kier molecular flexibility index (Phi) is 3.96.